The fourth-order valence-corrected chi connectivity index (χ4v) is 3.99. The van der Waals surface area contributed by atoms with E-state index < -0.39 is 11.4 Å². The number of hydrazone groups is 1. The number of benzene rings is 1. The molecule has 0 aliphatic carbocycles. The molecule has 0 saturated carbocycles. The van der Waals surface area contributed by atoms with Gasteiger partial charge in [0, 0.05) is 16.7 Å². The molecule has 0 unspecified atom stereocenters. The van der Waals surface area contributed by atoms with Crippen LogP contribution in [0.5, 0.6) is 0 Å². The molecule has 3 aromatic rings. The first-order chi connectivity index (χ1) is 17.3. The van der Waals surface area contributed by atoms with Crippen molar-refractivity contribution in [3.8, 4) is 17.3 Å². The highest BCUT2D eigenvalue weighted by atomic mass is 16.4. The summed E-state index contributed by atoms with van der Waals surface area (Å²) in [7, 11) is 0. The van der Waals surface area contributed by atoms with E-state index in [1.54, 1.807) is 24.3 Å². The van der Waals surface area contributed by atoms with Gasteiger partial charge in [-0.3, -0.25) is 14.8 Å². The van der Waals surface area contributed by atoms with Gasteiger partial charge in [0.15, 0.2) is 0 Å². The van der Waals surface area contributed by atoms with Crippen molar-refractivity contribution in [2.75, 3.05) is 5.73 Å². The second-order valence-electron chi connectivity index (χ2n) is 8.25. The first-order valence-electron chi connectivity index (χ1n) is 11.5. The summed E-state index contributed by atoms with van der Waals surface area (Å²) in [5.41, 5.74) is 9.20. The monoisotopic (exact) mass is 484 g/mol. The van der Waals surface area contributed by atoms with E-state index in [-0.39, 0.29) is 18.9 Å². The van der Waals surface area contributed by atoms with E-state index in [0.29, 0.717) is 46.8 Å². The molecule has 10 heteroatoms. The third-order valence-electron chi connectivity index (χ3n) is 6.09. The number of nitriles is 1. The minimum Gasteiger partial charge on any atom is -0.481 e. The number of hydrogen-bond acceptors (Lipinski definition) is 9. The Bertz CT molecular complexity index is 1340. The number of pyridine rings is 1. The number of aliphatic imine (C=N–C) groups is 1. The smallest absolute Gasteiger partial charge is 0.304 e. The average Bonchev–Trinajstić information content (AvgIpc) is 2.89. The van der Waals surface area contributed by atoms with Gasteiger partial charge in [-0.25, -0.2) is 9.97 Å². The second kappa shape index (κ2) is 11.7. The molecule has 1 aromatic carbocycles. The number of carboxylic acids is 1. The first-order valence-corrected chi connectivity index (χ1v) is 11.5. The van der Waals surface area contributed by atoms with Crippen LogP contribution in [0.1, 0.15) is 55.8 Å². The molecule has 0 aliphatic rings. The fraction of sp³-hybridized carbons (Fsp3) is 0.269. The highest BCUT2D eigenvalue weighted by Crippen LogP contribution is 2.34. The van der Waals surface area contributed by atoms with Crippen molar-refractivity contribution in [3.63, 3.8) is 0 Å². The Morgan fingerprint density at radius 1 is 1.14 bits per heavy atom. The number of aliphatic carboxylic acids is 1. The van der Waals surface area contributed by atoms with Gasteiger partial charge in [-0.05, 0) is 43.2 Å². The fourth-order valence-electron chi connectivity index (χ4n) is 3.99. The summed E-state index contributed by atoms with van der Waals surface area (Å²) in [6.07, 6.45) is 2.82. The Balaban J connectivity index is 1.84. The van der Waals surface area contributed by atoms with Crippen molar-refractivity contribution in [1.29, 1.82) is 5.26 Å². The number of anilines is 1. The summed E-state index contributed by atoms with van der Waals surface area (Å²) in [5.74, 6) is 4.79. The van der Waals surface area contributed by atoms with Crippen LogP contribution >= 0.6 is 0 Å². The van der Waals surface area contributed by atoms with Gasteiger partial charge in [0.25, 0.3) is 0 Å². The molecule has 0 spiro atoms. The molecule has 0 bridgehead atoms. The molecular formula is C26H28N8O2. The standard InChI is InChI=1S/C26H28N8O2/c1-3-26(4-2,13-24(35)36)23-10-6-9-19(31-23)15-30-16-22(34-29)21-12-20(32-25(28)33-21)18-8-5-7-17(11-18)14-27/h5-12,16H,3-4,13,15,29H2,1-2H3,(H,35,36)(H2,28,32,33)/b30-16?,34-22+. The van der Waals surface area contributed by atoms with Crippen LogP contribution in [0.2, 0.25) is 0 Å². The topological polar surface area (TPSA) is 177 Å². The molecule has 0 atom stereocenters. The highest BCUT2D eigenvalue weighted by molar-refractivity contribution is 6.37. The van der Waals surface area contributed by atoms with Crippen LogP contribution in [-0.2, 0) is 16.8 Å². The quantitative estimate of drug-likeness (QED) is 0.222. The third-order valence-corrected chi connectivity index (χ3v) is 6.09. The molecule has 5 N–H and O–H groups in total. The molecule has 0 saturated heterocycles. The first kappa shape index (κ1) is 26.0. The lowest BCUT2D eigenvalue weighted by molar-refractivity contribution is -0.138. The van der Waals surface area contributed by atoms with Crippen LogP contribution in [0.15, 0.2) is 58.6 Å². The number of nitrogens with two attached hydrogens (primary N) is 2. The molecule has 2 heterocycles. The summed E-state index contributed by atoms with van der Waals surface area (Å²) < 4.78 is 0. The van der Waals surface area contributed by atoms with E-state index in [2.05, 4.69) is 26.1 Å². The summed E-state index contributed by atoms with van der Waals surface area (Å²) in [6, 6.07) is 16.3. The average molecular weight is 485 g/mol. The van der Waals surface area contributed by atoms with Crippen LogP contribution in [0.3, 0.4) is 0 Å². The van der Waals surface area contributed by atoms with Crippen LogP contribution < -0.4 is 11.6 Å². The number of carbonyl (C=O) groups is 1. The number of nitrogen functional groups attached to an aromatic ring is 1. The van der Waals surface area contributed by atoms with Gasteiger partial charge in [-0.15, -0.1) is 0 Å². The van der Waals surface area contributed by atoms with Crippen molar-refractivity contribution in [2.24, 2.45) is 15.9 Å². The van der Waals surface area contributed by atoms with Crippen molar-refractivity contribution >= 4 is 23.8 Å². The lowest BCUT2D eigenvalue weighted by Crippen LogP contribution is -2.29. The zero-order chi connectivity index (χ0) is 26.1. The maximum absolute atomic E-state index is 11.5. The van der Waals surface area contributed by atoms with Gasteiger partial charge in [0.2, 0.25) is 5.95 Å². The number of rotatable bonds is 10. The molecule has 2 aromatic heterocycles. The minimum atomic E-state index is -0.851. The Labute approximate surface area is 209 Å². The number of nitrogens with zero attached hydrogens (tertiary/aromatic N) is 6. The van der Waals surface area contributed by atoms with Crippen molar-refractivity contribution in [3.05, 3.63) is 71.2 Å². The van der Waals surface area contributed by atoms with E-state index in [9.17, 15) is 15.2 Å². The molecule has 0 amide bonds. The largest absolute Gasteiger partial charge is 0.481 e. The summed E-state index contributed by atoms with van der Waals surface area (Å²) in [5, 5.41) is 22.4. The molecular weight excluding hydrogens is 456 g/mol. The number of carboxylic acid groups (broad SMARTS) is 1. The Hall–Kier alpha value is -4.65. The molecule has 36 heavy (non-hydrogen) atoms. The number of aromatic nitrogens is 3. The molecule has 0 aliphatic heterocycles. The normalized spacial score (nSPS) is 12.0. The van der Waals surface area contributed by atoms with E-state index in [1.807, 2.05) is 38.1 Å². The van der Waals surface area contributed by atoms with Gasteiger partial charge >= 0.3 is 5.97 Å². The van der Waals surface area contributed by atoms with Crippen LogP contribution in [-0.4, -0.2) is 38.0 Å². The van der Waals surface area contributed by atoms with Crippen molar-refractivity contribution in [1.82, 2.24) is 15.0 Å². The lowest BCUT2D eigenvalue weighted by Gasteiger charge is -2.29. The molecule has 184 valence electrons. The summed E-state index contributed by atoms with van der Waals surface area (Å²) in [6.45, 7) is 4.18. The third kappa shape index (κ3) is 6.07. The Kier molecular flexibility index (Phi) is 8.41. The van der Waals surface area contributed by atoms with Gasteiger partial charge in [-0.2, -0.15) is 10.4 Å². The maximum Gasteiger partial charge on any atom is 0.304 e. The summed E-state index contributed by atoms with van der Waals surface area (Å²) in [4.78, 5) is 29.1. The van der Waals surface area contributed by atoms with Crippen molar-refractivity contribution < 1.29 is 9.90 Å². The van der Waals surface area contributed by atoms with Crippen molar-refractivity contribution in [2.45, 2.75) is 45.1 Å². The minimum absolute atomic E-state index is 0.0123. The lowest BCUT2D eigenvalue weighted by atomic mass is 9.76. The molecule has 10 nitrogen and oxygen atoms in total. The van der Waals surface area contributed by atoms with Crippen LogP contribution in [0.4, 0.5) is 5.95 Å². The number of hydrogen-bond donors (Lipinski definition) is 3. The summed E-state index contributed by atoms with van der Waals surface area (Å²) >= 11 is 0. The van der Waals surface area contributed by atoms with Gasteiger partial charge in [0.05, 0.1) is 47.9 Å². The van der Waals surface area contributed by atoms with Crippen LogP contribution in [0, 0.1) is 11.3 Å². The van der Waals surface area contributed by atoms with Gasteiger partial charge in [0.1, 0.15) is 5.71 Å². The Morgan fingerprint density at radius 3 is 2.56 bits per heavy atom. The zero-order valence-electron chi connectivity index (χ0n) is 20.2. The highest BCUT2D eigenvalue weighted by Gasteiger charge is 2.32. The van der Waals surface area contributed by atoms with E-state index in [1.165, 1.54) is 6.21 Å². The van der Waals surface area contributed by atoms with E-state index in [0.717, 1.165) is 5.69 Å². The maximum atomic E-state index is 11.5. The van der Waals surface area contributed by atoms with Gasteiger partial charge < -0.3 is 16.7 Å². The Morgan fingerprint density at radius 2 is 1.89 bits per heavy atom. The second-order valence-corrected chi connectivity index (χ2v) is 8.25. The molecule has 3 rings (SSSR count). The zero-order valence-corrected chi connectivity index (χ0v) is 20.2. The molecule has 0 fully saturated rings. The van der Waals surface area contributed by atoms with Gasteiger partial charge in [-0.1, -0.05) is 32.0 Å². The predicted molar refractivity (Wildman–Crippen MR) is 138 cm³/mol. The van der Waals surface area contributed by atoms with E-state index >= 15 is 0 Å². The SMILES string of the molecule is CCC(CC)(CC(=O)O)c1cccc(CN=C/C(=N\N)c2cc(-c3cccc(C#N)c3)nc(N)n2)n1. The molecule has 0 radical (unpaired) electrons. The predicted octanol–water partition coefficient (Wildman–Crippen LogP) is 3.46. The van der Waals surface area contributed by atoms with Crippen LogP contribution in [0.25, 0.3) is 11.3 Å². The van der Waals surface area contributed by atoms with E-state index in [4.69, 9.17) is 16.6 Å².